The van der Waals surface area contributed by atoms with Gasteiger partial charge in [-0.2, -0.15) is 0 Å². The average Bonchev–Trinajstić information content (AvgIpc) is 2.88. The second-order valence-corrected chi connectivity index (χ2v) is 5.00. The molecule has 0 unspecified atom stereocenters. The van der Waals surface area contributed by atoms with Crippen molar-refractivity contribution in [3.8, 4) is 0 Å². The van der Waals surface area contributed by atoms with Crippen LogP contribution < -0.4 is 10.2 Å². The summed E-state index contributed by atoms with van der Waals surface area (Å²) in [5.41, 5.74) is 0.981. The number of hydrogen-bond acceptors (Lipinski definition) is 5. The largest absolute Gasteiger partial charge is 0.407 e. The van der Waals surface area contributed by atoms with E-state index >= 15 is 0 Å². The van der Waals surface area contributed by atoms with Gasteiger partial charge in [0.25, 0.3) is 0 Å². The number of aromatic nitrogens is 2. The maximum absolute atomic E-state index is 12.8. The molecule has 0 bridgehead atoms. The zero-order valence-electron chi connectivity index (χ0n) is 11.9. The fraction of sp³-hybridized carbons (Fsp3) is 0.429. The van der Waals surface area contributed by atoms with Gasteiger partial charge in [0.2, 0.25) is 5.89 Å². The van der Waals surface area contributed by atoms with Gasteiger partial charge in [-0.3, -0.25) is 0 Å². The van der Waals surface area contributed by atoms with Crippen molar-refractivity contribution in [3.05, 3.63) is 41.5 Å². The predicted octanol–water partition coefficient (Wildman–Crippen LogP) is 2.34. The molecule has 0 aliphatic heterocycles. The number of anilines is 1. The Morgan fingerprint density at radius 3 is 2.60 bits per heavy atom. The van der Waals surface area contributed by atoms with Gasteiger partial charge in [0.15, 0.2) is 0 Å². The molecule has 0 amide bonds. The van der Waals surface area contributed by atoms with Crippen molar-refractivity contribution in [2.24, 2.45) is 0 Å². The van der Waals surface area contributed by atoms with Crippen LogP contribution in [-0.2, 0) is 13.1 Å². The highest BCUT2D eigenvalue weighted by Gasteiger charge is 2.11. The highest BCUT2D eigenvalue weighted by molar-refractivity contribution is 5.27. The minimum Gasteiger partial charge on any atom is -0.407 e. The topological polar surface area (TPSA) is 54.2 Å². The first-order valence-electron chi connectivity index (χ1n) is 6.56. The van der Waals surface area contributed by atoms with Gasteiger partial charge in [0, 0.05) is 19.6 Å². The van der Waals surface area contributed by atoms with E-state index < -0.39 is 0 Å². The molecular formula is C14H19FN4O. The summed E-state index contributed by atoms with van der Waals surface area (Å²) in [5.74, 6) is 0.316. The standard InChI is InChI=1S/C14H19FN4O/c1-10(2)16-8-13-17-18-14(20-13)19(3)9-11-4-6-12(15)7-5-11/h4-7,10,16H,8-9H2,1-3H3. The lowest BCUT2D eigenvalue weighted by molar-refractivity contribution is 0.449. The van der Waals surface area contributed by atoms with E-state index in [-0.39, 0.29) is 5.82 Å². The molecule has 5 nitrogen and oxygen atoms in total. The van der Waals surface area contributed by atoms with Gasteiger partial charge in [-0.15, -0.1) is 5.10 Å². The summed E-state index contributed by atoms with van der Waals surface area (Å²) in [6, 6.07) is 7.17. The smallest absolute Gasteiger partial charge is 0.318 e. The first-order chi connectivity index (χ1) is 9.54. The second-order valence-electron chi connectivity index (χ2n) is 5.00. The van der Waals surface area contributed by atoms with Gasteiger partial charge >= 0.3 is 6.01 Å². The molecule has 1 heterocycles. The molecule has 0 spiro atoms. The van der Waals surface area contributed by atoms with Crippen LogP contribution in [-0.4, -0.2) is 23.3 Å². The molecule has 1 aromatic carbocycles. The van der Waals surface area contributed by atoms with Crippen LogP contribution in [0.25, 0.3) is 0 Å². The van der Waals surface area contributed by atoms with Crippen LogP contribution in [0.2, 0.25) is 0 Å². The fourth-order valence-electron chi connectivity index (χ4n) is 1.69. The van der Waals surface area contributed by atoms with Crippen LogP contribution in [0.3, 0.4) is 0 Å². The average molecular weight is 278 g/mol. The molecule has 6 heteroatoms. The van der Waals surface area contributed by atoms with E-state index in [1.54, 1.807) is 12.1 Å². The first-order valence-corrected chi connectivity index (χ1v) is 6.56. The normalized spacial score (nSPS) is 11.1. The van der Waals surface area contributed by atoms with Crippen LogP contribution in [0.5, 0.6) is 0 Å². The molecule has 0 atom stereocenters. The van der Waals surface area contributed by atoms with Crippen LogP contribution in [0.1, 0.15) is 25.3 Å². The third-order valence-corrected chi connectivity index (χ3v) is 2.78. The van der Waals surface area contributed by atoms with Crippen LogP contribution >= 0.6 is 0 Å². The molecule has 1 N–H and O–H groups in total. The zero-order valence-corrected chi connectivity index (χ0v) is 11.9. The number of rotatable bonds is 6. The van der Waals surface area contributed by atoms with Crippen molar-refractivity contribution in [1.29, 1.82) is 0 Å². The summed E-state index contributed by atoms with van der Waals surface area (Å²) < 4.78 is 18.4. The van der Waals surface area contributed by atoms with E-state index in [0.29, 0.717) is 31.0 Å². The fourth-order valence-corrected chi connectivity index (χ4v) is 1.69. The molecule has 0 saturated heterocycles. The third-order valence-electron chi connectivity index (χ3n) is 2.78. The summed E-state index contributed by atoms with van der Waals surface area (Å²) in [6.45, 7) is 5.24. The molecular weight excluding hydrogens is 259 g/mol. The van der Waals surface area contributed by atoms with Gasteiger partial charge in [-0.05, 0) is 17.7 Å². The van der Waals surface area contributed by atoms with Gasteiger partial charge < -0.3 is 14.6 Å². The molecule has 2 aromatic rings. The lowest BCUT2D eigenvalue weighted by Gasteiger charge is -2.13. The molecule has 0 fully saturated rings. The quantitative estimate of drug-likeness (QED) is 0.879. The lowest BCUT2D eigenvalue weighted by Crippen LogP contribution is -2.22. The molecule has 0 saturated carbocycles. The van der Waals surface area contributed by atoms with Crippen molar-refractivity contribution in [2.45, 2.75) is 33.0 Å². The number of nitrogens with one attached hydrogen (secondary N) is 1. The highest BCUT2D eigenvalue weighted by atomic mass is 19.1. The van der Waals surface area contributed by atoms with E-state index in [1.165, 1.54) is 12.1 Å². The van der Waals surface area contributed by atoms with Crippen molar-refractivity contribution >= 4 is 6.01 Å². The summed E-state index contributed by atoms with van der Waals surface area (Å²) >= 11 is 0. The monoisotopic (exact) mass is 278 g/mol. The third kappa shape index (κ3) is 4.03. The van der Waals surface area contributed by atoms with Crippen LogP contribution in [0.4, 0.5) is 10.4 Å². The zero-order chi connectivity index (χ0) is 14.5. The van der Waals surface area contributed by atoms with E-state index in [1.807, 2.05) is 11.9 Å². The summed E-state index contributed by atoms with van der Waals surface area (Å²) in [4.78, 5) is 1.83. The van der Waals surface area contributed by atoms with E-state index in [9.17, 15) is 4.39 Å². The molecule has 2 rings (SSSR count). The summed E-state index contributed by atoms with van der Waals surface area (Å²) in [5, 5.41) is 11.2. The van der Waals surface area contributed by atoms with Crippen molar-refractivity contribution in [2.75, 3.05) is 11.9 Å². The molecule has 1 aromatic heterocycles. The Kier molecular flexibility index (Phi) is 4.68. The highest BCUT2D eigenvalue weighted by Crippen LogP contribution is 2.14. The number of benzene rings is 1. The molecule has 20 heavy (non-hydrogen) atoms. The van der Waals surface area contributed by atoms with Crippen molar-refractivity contribution in [3.63, 3.8) is 0 Å². The van der Waals surface area contributed by atoms with Gasteiger partial charge in [0.1, 0.15) is 5.82 Å². The Labute approximate surface area is 117 Å². The molecule has 108 valence electrons. The van der Waals surface area contributed by atoms with E-state index in [4.69, 9.17) is 4.42 Å². The number of hydrogen-bond donors (Lipinski definition) is 1. The molecule has 0 aliphatic carbocycles. The Hall–Kier alpha value is -1.95. The van der Waals surface area contributed by atoms with Gasteiger partial charge in [0.05, 0.1) is 6.54 Å². The van der Waals surface area contributed by atoms with Crippen molar-refractivity contribution < 1.29 is 8.81 Å². The second kappa shape index (κ2) is 6.47. The van der Waals surface area contributed by atoms with Crippen LogP contribution in [0.15, 0.2) is 28.7 Å². The minimum atomic E-state index is -0.240. The maximum Gasteiger partial charge on any atom is 0.318 e. The maximum atomic E-state index is 12.8. The SMILES string of the molecule is CC(C)NCc1nnc(N(C)Cc2ccc(F)cc2)o1. The predicted molar refractivity (Wildman–Crippen MR) is 74.8 cm³/mol. The number of halogens is 1. The Bertz CT molecular complexity index is 538. The molecule has 0 radical (unpaired) electrons. The van der Waals surface area contributed by atoms with Crippen molar-refractivity contribution in [1.82, 2.24) is 15.5 Å². The Morgan fingerprint density at radius 1 is 1.25 bits per heavy atom. The number of nitrogens with zero attached hydrogens (tertiary/aromatic N) is 3. The van der Waals surface area contributed by atoms with Gasteiger partial charge in [-0.1, -0.05) is 31.1 Å². The summed E-state index contributed by atoms with van der Waals surface area (Å²) in [6.07, 6.45) is 0. The van der Waals surface area contributed by atoms with Crippen LogP contribution in [0, 0.1) is 5.82 Å². The van der Waals surface area contributed by atoms with E-state index in [0.717, 1.165) is 5.56 Å². The minimum absolute atomic E-state index is 0.240. The van der Waals surface area contributed by atoms with Gasteiger partial charge in [-0.25, -0.2) is 4.39 Å². The molecule has 0 aliphatic rings. The first kappa shape index (κ1) is 14.5. The van der Waals surface area contributed by atoms with E-state index in [2.05, 4.69) is 29.4 Å². The Balaban J connectivity index is 1.95. The summed E-state index contributed by atoms with van der Waals surface area (Å²) in [7, 11) is 1.86. The Morgan fingerprint density at radius 2 is 1.95 bits per heavy atom. The lowest BCUT2D eigenvalue weighted by atomic mass is 10.2.